The molecule has 0 amide bonds. The molecule has 7 aromatic carbocycles. The van der Waals surface area contributed by atoms with Crippen molar-refractivity contribution in [2.45, 2.75) is 24.7 Å². The fourth-order valence-electron chi connectivity index (χ4n) is 9.39. The number of aromatic nitrogens is 1. The molecule has 2 aromatic heterocycles. The molecule has 0 saturated carbocycles. The summed E-state index contributed by atoms with van der Waals surface area (Å²) in [5.74, 6) is 2.80. The minimum Gasteiger partial charge on any atom is -0.461 e. The second kappa shape index (κ2) is 21.0. The minimum atomic E-state index is -0.0208. The van der Waals surface area contributed by atoms with Crippen molar-refractivity contribution in [2.24, 2.45) is 0 Å². The molecule has 9 aromatic rings. The van der Waals surface area contributed by atoms with Crippen molar-refractivity contribution in [3.8, 4) is 22.6 Å². The standard InChI is InChI=1S/C66H54N2O2/c1-4-19-59(66-47-55-26-13-15-29-63(55)69-66)53-35-42-62-54(46-53)32-31-48(45-65-60(20-5-2)61-28-14-16-30-64(61)70-65)21-17-44-68(62)58-40-38-57(39-41-58)67(43-18-27-49(6-3)50-22-9-7-10-23-50)56-36-33-52(34-37-56)51-24-11-8-12-25-51/h4-18,21-47,59-60H,1-3,19-20H2/b32-31?,43-18+,44-17?,48-21?,49-27+,65-45-. The Kier molecular flexibility index (Phi) is 13.5. The van der Waals surface area contributed by atoms with Gasteiger partial charge in [0.2, 0.25) is 0 Å². The van der Waals surface area contributed by atoms with E-state index in [0.717, 1.165) is 96.9 Å². The molecule has 0 N–H and O–H groups in total. The van der Waals surface area contributed by atoms with Gasteiger partial charge in [-0.3, -0.25) is 0 Å². The highest BCUT2D eigenvalue weighted by atomic mass is 16.5. The number of ether oxygens (including phenoxy) is 1. The first-order chi connectivity index (χ1) is 34.6. The summed E-state index contributed by atoms with van der Waals surface area (Å²) in [7, 11) is 0. The fourth-order valence-corrected chi connectivity index (χ4v) is 9.39. The highest BCUT2D eigenvalue weighted by Crippen LogP contribution is 2.43. The average molecular weight is 907 g/mol. The SMILES string of the molecule is C=CCC1/C(=C/c2cccn(-c3ccc(N(/C=C/C=C(\C=C)c4ccccc4)c4ccc(-c5ccccc5)cc4)cc3)c3ccc(C(CC=C)c4cc5ccccc5o4)cc3cc2)Oc2ccccc21. The van der Waals surface area contributed by atoms with E-state index < -0.39 is 0 Å². The van der Waals surface area contributed by atoms with Gasteiger partial charge in [-0.2, -0.15) is 0 Å². The number of rotatable bonds is 15. The quantitative estimate of drug-likeness (QED) is 0.0758. The topological polar surface area (TPSA) is 30.5 Å². The maximum Gasteiger partial charge on any atom is 0.134 e. The van der Waals surface area contributed by atoms with Crippen LogP contribution < -0.4 is 9.64 Å². The summed E-state index contributed by atoms with van der Waals surface area (Å²) in [4.78, 5) is 2.22. The number of anilines is 2. The van der Waals surface area contributed by atoms with Crippen molar-refractivity contribution in [1.82, 2.24) is 4.57 Å². The van der Waals surface area contributed by atoms with Gasteiger partial charge in [0.25, 0.3) is 0 Å². The summed E-state index contributed by atoms with van der Waals surface area (Å²) in [5, 5.41) is 2.15. The van der Waals surface area contributed by atoms with Gasteiger partial charge >= 0.3 is 0 Å². The second-order valence-electron chi connectivity index (χ2n) is 17.4. The van der Waals surface area contributed by atoms with Gasteiger partial charge < -0.3 is 18.6 Å². The van der Waals surface area contributed by atoms with Crippen LogP contribution in [-0.2, 0) is 0 Å². The van der Waals surface area contributed by atoms with Crippen LogP contribution in [0.15, 0.2) is 279 Å². The second-order valence-corrected chi connectivity index (χ2v) is 17.4. The van der Waals surface area contributed by atoms with E-state index in [9.17, 15) is 0 Å². The first-order valence-corrected chi connectivity index (χ1v) is 23.9. The molecule has 1 aliphatic heterocycles. The lowest BCUT2D eigenvalue weighted by molar-refractivity contribution is 0.433. The molecule has 4 heteroatoms. The van der Waals surface area contributed by atoms with Crippen molar-refractivity contribution in [3.63, 3.8) is 0 Å². The third kappa shape index (κ3) is 9.76. The summed E-state index contributed by atoms with van der Waals surface area (Å²) in [6.45, 7) is 12.3. The summed E-state index contributed by atoms with van der Waals surface area (Å²) in [6, 6.07) is 72.4. The Bertz CT molecular complexity index is 3430. The van der Waals surface area contributed by atoms with E-state index in [1.807, 2.05) is 72.8 Å². The minimum absolute atomic E-state index is 0.0208. The van der Waals surface area contributed by atoms with Gasteiger partial charge in [-0.15, -0.1) is 13.2 Å². The van der Waals surface area contributed by atoms with Crippen molar-refractivity contribution >= 4 is 44.9 Å². The van der Waals surface area contributed by atoms with Crippen LogP contribution in [0.5, 0.6) is 5.75 Å². The first-order valence-electron chi connectivity index (χ1n) is 23.9. The van der Waals surface area contributed by atoms with Crippen LogP contribution >= 0.6 is 0 Å². The largest absolute Gasteiger partial charge is 0.461 e. The molecule has 0 radical (unpaired) electrons. The number of hydrogen-bond donors (Lipinski definition) is 0. The molecule has 340 valence electrons. The van der Waals surface area contributed by atoms with E-state index in [0.29, 0.717) is 0 Å². The third-order valence-electron chi connectivity index (χ3n) is 13.0. The van der Waals surface area contributed by atoms with Gasteiger partial charge in [0.05, 0.1) is 5.52 Å². The molecule has 0 spiro atoms. The van der Waals surface area contributed by atoms with Crippen LogP contribution in [0.2, 0.25) is 0 Å². The smallest absolute Gasteiger partial charge is 0.134 e. The highest BCUT2D eigenvalue weighted by Gasteiger charge is 2.28. The van der Waals surface area contributed by atoms with Crippen molar-refractivity contribution in [3.05, 3.63) is 303 Å². The zero-order valence-electron chi connectivity index (χ0n) is 39.1. The van der Waals surface area contributed by atoms with Crippen LogP contribution in [-0.4, -0.2) is 4.57 Å². The molecule has 1 aliphatic rings. The van der Waals surface area contributed by atoms with Crippen molar-refractivity contribution in [1.29, 1.82) is 0 Å². The number of fused-ring (bicyclic) bond motifs is 3. The normalized spacial score (nSPS) is 14.3. The summed E-state index contributed by atoms with van der Waals surface area (Å²) < 4.78 is 15.3. The number of nitrogens with zero attached hydrogens (tertiary/aromatic N) is 2. The zero-order chi connectivity index (χ0) is 47.7. The molecular formula is C66H54N2O2. The molecule has 0 bridgehead atoms. The molecule has 0 fully saturated rings. The monoisotopic (exact) mass is 906 g/mol. The molecule has 0 saturated heterocycles. The molecule has 10 rings (SSSR count). The van der Waals surface area contributed by atoms with Crippen LogP contribution in [0.3, 0.4) is 0 Å². The predicted molar refractivity (Wildman–Crippen MR) is 294 cm³/mol. The van der Waals surface area contributed by atoms with Gasteiger partial charge in [0.1, 0.15) is 22.9 Å². The summed E-state index contributed by atoms with van der Waals surface area (Å²) in [6.07, 6.45) is 18.0. The molecule has 2 unspecified atom stereocenters. The number of para-hydroxylation sites is 2. The first kappa shape index (κ1) is 44.9. The Labute approximate surface area is 411 Å². The number of benzene rings is 7. The van der Waals surface area contributed by atoms with Crippen molar-refractivity contribution in [2.75, 3.05) is 4.90 Å². The lowest BCUT2D eigenvalue weighted by Gasteiger charge is -2.22. The molecule has 3 heterocycles. The van der Waals surface area contributed by atoms with E-state index in [1.54, 1.807) is 0 Å². The number of hydrogen-bond acceptors (Lipinski definition) is 3. The van der Waals surface area contributed by atoms with Gasteiger partial charge in [-0.05, 0) is 137 Å². The lowest BCUT2D eigenvalue weighted by atomic mass is 9.92. The maximum absolute atomic E-state index is 6.51. The summed E-state index contributed by atoms with van der Waals surface area (Å²) in [5.41, 5.74) is 12.8. The van der Waals surface area contributed by atoms with Gasteiger partial charge in [0, 0.05) is 52.2 Å². The zero-order valence-corrected chi connectivity index (χ0v) is 39.1. The van der Waals surface area contributed by atoms with Gasteiger partial charge in [-0.25, -0.2) is 0 Å². The molecule has 4 nitrogen and oxygen atoms in total. The van der Waals surface area contributed by atoms with E-state index in [4.69, 9.17) is 9.15 Å². The van der Waals surface area contributed by atoms with Crippen molar-refractivity contribution < 1.29 is 9.15 Å². The maximum atomic E-state index is 6.51. The molecule has 70 heavy (non-hydrogen) atoms. The Morgan fingerprint density at radius 2 is 1.34 bits per heavy atom. The summed E-state index contributed by atoms with van der Waals surface area (Å²) >= 11 is 0. The molecule has 2 atom stereocenters. The van der Waals surface area contributed by atoms with Crippen LogP contribution in [0.4, 0.5) is 11.4 Å². The van der Waals surface area contributed by atoms with Crippen LogP contribution in [0, 0.1) is 0 Å². The van der Waals surface area contributed by atoms with Gasteiger partial charge in [-0.1, -0.05) is 164 Å². The van der Waals surface area contributed by atoms with E-state index in [2.05, 4.69) is 211 Å². The van der Waals surface area contributed by atoms with Crippen LogP contribution in [0.1, 0.15) is 52.7 Å². The number of allylic oxidation sites excluding steroid dienone is 7. The van der Waals surface area contributed by atoms with E-state index >= 15 is 0 Å². The van der Waals surface area contributed by atoms with E-state index in [-0.39, 0.29) is 11.8 Å². The Morgan fingerprint density at radius 3 is 2.10 bits per heavy atom. The predicted octanol–water partition coefficient (Wildman–Crippen LogP) is 17.9. The van der Waals surface area contributed by atoms with Gasteiger partial charge in [0.15, 0.2) is 0 Å². The van der Waals surface area contributed by atoms with E-state index in [1.165, 1.54) is 11.1 Å². The highest BCUT2D eigenvalue weighted by molar-refractivity contribution is 5.83. The van der Waals surface area contributed by atoms with Crippen LogP contribution in [0.25, 0.3) is 50.3 Å². The molecule has 0 aliphatic carbocycles. The Balaban J connectivity index is 1.07. The Hall–Kier alpha value is -8.86. The molecular weight excluding hydrogens is 853 g/mol. The lowest BCUT2D eigenvalue weighted by Crippen LogP contribution is -2.08. The number of furan rings is 1. The average Bonchev–Trinajstić information content (AvgIpc) is 4.02. The Morgan fingerprint density at radius 1 is 0.629 bits per heavy atom. The fraction of sp³-hybridized carbons (Fsp3) is 0.0606. The third-order valence-corrected chi connectivity index (χ3v) is 13.0.